The molecule has 5 nitrogen and oxygen atoms in total. The fourth-order valence-electron chi connectivity index (χ4n) is 0.967. The summed E-state index contributed by atoms with van der Waals surface area (Å²) in [5, 5.41) is 14.2. The van der Waals surface area contributed by atoms with Gasteiger partial charge in [0.15, 0.2) is 4.34 Å². The molecule has 0 spiro atoms. The molecule has 0 aliphatic carbocycles. The molecule has 1 amide bonds. The highest BCUT2D eigenvalue weighted by Gasteiger charge is 2.16. The molecule has 0 fully saturated rings. The van der Waals surface area contributed by atoms with E-state index in [1.54, 1.807) is 0 Å². The summed E-state index contributed by atoms with van der Waals surface area (Å²) in [6.07, 6.45) is 5.07. The summed E-state index contributed by atoms with van der Waals surface area (Å²) in [6.45, 7) is 4.86. The van der Waals surface area contributed by atoms with Crippen LogP contribution in [0.3, 0.4) is 0 Å². The number of aromatic nitrogens is 2. The molecule has 2 N–H and O–H groups in total. The van der Waals surface area contributed by atoms with Gasteiger partial charge < -0.3 is 10.6 Å². The zero-order chi connectivity index (χ0) is 12.7. The van der Waals surface area contributed by atoms with Crippen LogP contribution in [0.1, 0.15) is 13.8 Å². The van der Waals surface area contributed by atoms with E-state index < -0.39 is 0 Å². The largest absolute Gasteiger partial charge is 0.360 e. The van der Waals surface area contributed by atoms with Crippen molar-refractivity contribution in [2.75, 3.05) is 18.4 Å². The molecule has 1 rings (SSSR count). The van der Waals surface area contributed by atoms with Gasteiger partial charge in [-0.2, -0.15) is 0 Å². The standard InChI is InChI=1S/C10H14N4OS2/c1-4-6-12-8(15)7(3)16-10-14-13-9(17-10)11-5-2/h1,7H,5-6H2,2-3H3,(H,11,13)(H,12,15). The molecule has 1 heterocycles. The Morgan fingerprint density at radius 1 is 1.65 bits per heavy atom. The molecule has 92 valence electrons. The summed E-state index contributed by atoms with van der Waals surface area (Å²) in [7, 11) is 0. The first-order valence-electron chi connectivity index (χ1n) is 5.12. The van der Waals surface area contributed by atoms with Crippen LogP contribution >= 0.6 is 23.1 Å². The zero-order valence-electron chi connectivity index (χ0n) is 9.69. The highest BCUT2D eigenvalue weighted by Crippen LogP contribution is 2.28. The van der Waals surface area contributed by atoms with E-state index in [2.05, 4.69) is 26.8 Å². The molecule has 1 atom stereocenters. The molecule has 0 aliphatic heterocycles. The van der Waals surface area contributed by atoms with Crippen LogP contribution in [-0.2, 0) is 4.79 Å². The van der Waals surface area contributed by atoms with E-state index in [-0.39, 0.29) is 17.7 Å². The maximum atomic E-state index is 11.6. The zero-order valence-corrected chi connectivity index (χ0v) is 11.3. The molecule has 0 aromatic carbocycles. The molecule has 7 heteroatoms. The number of amides is 1. The van der Waals surface area contributed by atoms with Gasteiger partial charge in [-0.3, -0.25) is 4.79 Å². The third-order valence-corrected chi connectivity index (χ3v) is 3.81. The van der Waals surface area contributed by atoms with Gasteiger partial charge in [-0.25, -0.2) is 0 Å². The number of anilines is 1. The highest BCUT2D eigenvalue weighted by molar-refractivity contribution is 8.02. The van der Waals surface area contributed by atoms with E-state index in [1.807, 2.05) is 13.8 Å². The first-order valence-corrected chi connectivity index (χ1v) is 6.82. The fraction of sp³-hybridized carbons (Fsp3) is 0.500. The van der Waals surface area contributed by atoms with Gasteiger partial charge in [-0.1, -0.05) is 29.0 Å². The Morgan fingerprint density at radius 3 is 3.06 bits per heavy atom. The highest BCUT2D eigenvalue weighted by atomic mass is 32.2. The topological polar surface area (TPSA) is 66.9 Å². The Kier molecular flexibility index (Phi) is 5.80. The first kappa shape index (κ1) is 13.8. The number of carbonyl (C=O) groups excluding carboxylic acids is 1. The molecule has 0 saturated carbocycles. The number of hydrogen-bond acceptors (Lipinski definition) is 6. The minimum absolute atomic E-state index is 0.0897. The van der Waals surface area contributed by atoms with Gasteiger partial charge in [0.2, 0.25) is 11.0 Å². The van der Waals surface area contributed by atoms with E-state index >= 15 is 0 Å². The Hall–Kier alpha value is -1.26. The van der Waals surface area contributed by atoms with E-state index in [1.165, 1.54) is 23.1 Å². The number of hydrogen-bond donors (Lipinski definition) is 2. The van der Waals surface area contributed by atoms with Crippen molar-refractivity contribution in [1.82, 2.24) is 15.5 Å². The Bertz CT molecular complexity index is 413. The number of nitrogens with one attached hydrogen (secondary N) is 2. The molecule has 1 aromatic rings. The van der Waals surface area contributed by atoms with Crippen LogP contribution < -0.4 is 10.6 Å². The van der Waals surface area contributed by atoms with Gasteiger partial charge in [0.1, 0.15) is 0 Å². The van der Waals surface area contributed by atoms with E-state index in [4.69, 9.17) is 6.42 Å². The van der Waals surface area contributed by atoms with Crippen molar-refractivity contribution >= 4 is 34.1 Å². The van der Waals surface area contributed by atoms with Crippen LogP contribution in [0.2, 0.25) is 0 Å². The molecule has 1 aromatic heterocycles. The molecule has 0 aliphatic rings. The third kappa shape index (κ3) is 4.63. The number of nitrogens with zero attached hydrogens (tertiary/aromatic N) is 2. The van der Waals surface area contributed by atoms with Crippen LogP contribution in [0.25, 0.3) is 0 Å². The van der Waals surface area contributed by atoms with Crippen LogP contribution in [-0.4, -0.2) is 34.4 Å². The Labute approximate surface area is 109 Å². The lowest BCUT2D eigenvalue weighted by atomic mass is 10.4. The number of terminal acetylenes is 1. The van der Waals surface area contributed by atoms with Gasteiger partial charge in [-0.15, -0.1) is 16.6 Å². The lowest BCUT2D eigenvalue weighted by molar-refractivity contribution is -0.120. The molecular weight excluding hydrogens is 256 g/mol. The monoisotopic (exact) mass is 270 g/mol. The first-order chi connectivity index (χ1) is 8.17. The van der Waals surface area contributed by atoms with Gasteiger partial charge >= 0.3 is 0 Å². The molecule has 0 radical (unpaired) electrons. The van der Waals surface area contributed by atoms with Crippen molar-refractivity contribution in [3.63, 3.8) is 0 Å². The van der Waals surface area contributed by atoms with Crippen molar-refractivity contribution in [3.05, 3.63) is 0 Å². The van der Waals surface area contributed by atoms with Gasteiger partial charge in [-0.05, 0) is 13.8 Å². The van der Waals surface area contributed by atoms with Crippen molar-refractivity contribution < 1.29 is 4.79 Å². The van der Waals surface area contributed by atoms with Crippen molar-refractivity contribution in [1.29, 1.82) is 0 Å². The normalized spacial score (nSPS) is 11.6. The van der Waals surface area contributed by atoms with Crippen molar-refractivity contribution in [2.45, 2.75) is 23.4 Å². The van der Waals surface area contributed by atoms with Crippen LogP contribution in [0.4, 0.5) is 5.13 Å². The van der Waals surface area contributed by atoms with E-state index in [9.17, 15) is 4.79 Å². The lowest BCUT2D eigenvalue weighted by Crippen LogP contribution is -2.30. The van der Waals surface area contributed by atoms with Crippen LogP contribution in [0.15, 0.2) is 4.34 Å². The second kappa shape index (κ2) is 7.14. The van der Waals surface area contributed by atoms with Gasteiger partial charge in [0.05, 0.1) is 11.8 Å². The second-order valence-electron chi connectivity index (χ2n) is 3.09. The van der Waals surface area contributed by atoms with Gasteiger partial charge in [0.25, 0.3) is 0 Å². The molecule has 1 unspecified atom stereocenters. The van der Waals surface area contributed by atoms with Gasteiger partial charge in [0, 0.05) is 6.54 Å². The van der Waals surface area contributed by atoms with Crippen LogP contribution in [0, 0.1) is 12.3 Å². The predicted octanol–water partition coefficient (Wildman–Crippen LogP) is 1.20. The summed E-state index contributed by atoms with van der Waals surface area (Å²) >= 11 is 2.81. The summed E-state index contributed by atoms with van der Waals surface area (Å²) in [6, 6.07) is 0. The summed E-state index contributed by atoms with van der Waals surface area (Å²) in [5.41, 5.74) is 0. The molecule has 17 heavy (non-hydrogen) atoms. The predicted molar refractivity (Wildman–Crippen MR) is 71.2 cm³/mol. The maximum absolute atomic E-state index is 11.6. The number of carbonyl (C=O) groups is 1. The third-order valence-electron chi connectivity index (χ3n) is 1.75. The quantitative estimate of drug-likeness (QED) is 0.600. The lowest BCUT2D eigenvalue weighted by Gasteiger charge is -2.07. The molecular formula is C10H14N4OS2. The summed E-state index contributed by atoms with van der Waals surface area (Å²) in [5.74, 6) is 2.27. The van der Waals surface area contributed by atoms with Crippen molar-refractivity contribution in [3.8, 4) is 12.3 Å². The Morgan fingerprint density at radius 2 is 2.41 bits per heavy atom. The average Bonchev–Trinajstić information content (AvgIpc) is 2.74. The maximum Gasteiger partial charge on any atom is 0.234 e. The second-order valence-corrected chi connectivity index (χ2v) is 5.65. The number of thioether (sulfide) groups is 1. The van der Waals surface area contributed by atoms with E-state index in [0.717, 1.165) is 16.0 Å². The SMILES string of the molecule is C#CCNC(=O)C(C)Sc1nnc(NCC)s1. The van der Waals surface area contributed by atoms with Crippen LogP contribution in [0.5, 0.6) is 0 Å². The Balaban J connectivity index is 2.46. The van der Waals surface area contributed by atoms with Crippen molar-refractivity contribution in [2.24, 2.45) is 0 Å². The molecule has 0 bridgehead atoms. The minimum atomic E-state index is -0.231. The number of rotatable bonds is 6. The summed E-state index contributed by atoms with van der Waals surface area (Å²) < 4.78 is 0.768. The average molecular weight is 270 g/mol. The minimum Gasteiger partial charge on any atom is -0.360 e. The van der Waals surface area contributed by atoms with E-state index in [0.29, 0.717) is 0 Å². The smallest absolute Gasteiger partial charge is 0.234 e. The summed E-state index contributed by atoms with van der Waals surface area (Å²) in [4.78, 5) is 11.6. The fourth-order valence-corrected chi connectivity index (χ4v) is 2.95. The molecule has 0 saturated heterocycles.